The molecular formula is C20H18N4O4S. The lowest BCUT2D eigenvalue weighted by molar-refractivity contribution is -0.111. The van der Waals surface area contributed by atoms with Crippen LogP contribution in [0.25, 0.3) is 16.5 Å². The van der Waals surface area contributed by atoms with E-state index in [9.17, 15) is 18.0 Å². The van der Waals surface area contributed by atoms with E-state index in [0.717, 1.165) is 10.9 Å². The van der Waals surface area contributed by atoms with Crippen molar-refractivity contribution in [3.63, 3.8) is 0 Å². The summed E-state index contributed by atoms with van der Waals surface area (Å²) in [6.07, 6.45) is 1.91. The Morgan fingerprint density at radius 3 is 2.72 bits per heavy atom. The molecule has 0 fully saturated rings. The van der Waals surface area contributed by atoms with Crippen molar-refractivity contribution in [3.8, 4) is 0 Å². The highest BCUT2D eigenvalue weighted by Gasteiger charge is 2.24. The van der Waals surface area contributed by atoms with E-state index in [-0.39, 0.29) is 10.8 Å². The first kappa shape index (κ1) is 18.9. The number of para-hydroxylation sites is 1. The molecule has 1 aliphatic rings. The number of anilines is 1. The number of carbonyl (C=O) groups excluding carboxylic acids is 2. The van der Waals surface area contributed by atoms with E-state index < -0.39 is 15.9 Å². The second kappa shape index (κ2) is 7.19. The molecule has 29 heavy (non-hydrogen) atoms. The number of nitrogens with two attached hydrogens (primary N) is 1. The van der Waals surface area contributed by atoms with Gasteiger partial charge in [0.15, 0.2) is 0 Å². The van der Waals surface area contributed by atoms with Gasteiger partial charge in [0.2, 0.25) is 15.9 Å². The molecule has 148 valence electrons. The van der Waals surface area contributed by atoms with Crippen molar-refractivity contribution in [2.75, 3.05) is 11.9 Å². The Morgan fingerprint density at radius 1 is 1.14 bits per heavy atom. The highest BCUT2D eigenvalue weighted by atomic mass is 32.2. The summed E-state index contributed by atoms with van der Waals surface area (Å²) in [5.74, 6) is -0.655. The number of nitrogens with one attached hydrogen (secondary N) is 3. The van der Waals surface area contributed by atoms with Gasteiger partial charge in [-0.25, -0.2) is 13.6 Å². The Bertz CT molecular complexity index is 1270. The molecule has 1 aromatic heterocycles. The van der Waals surface area contributed by atoms with Gasteiger partial charge in [-0.05, 0) is 36.3 Å². The van der Waals surface area contributed by atoms with Gasteiger partial charge in [0.25, 0.3) is 5.91 Å². The third-order valence-corrected chi connectivity index (χ3v) is 5.58. The first-order chi connectivity index (χ1) is 13.8. The van der Waals surface area contributed by atoms with Gasteiger partial charge in [-0.2, -0.15) is 0 Å². The highest BCUT2D eigenvalue weighted by Crippen LogP contribution is 2.32. The SMILES string of the molecule is NS(=O)(=O)c1cccc(NC(=O)/C=C2/CCNC(=O)c3[nH]c4ccccc4c32)c1. The molecule has 0 aliphatic carbocycles. The maximum absolute atomic E-state index is 12.6. The quantitative estimate of drug-likeness (QED) is 0.491. The summed E-state index contributed by atoms with van der Waals surface area (Å²) in [6.45, 7) is 0.399. The second-order valence-corrected chi connectivity index (χ2v) is 8.22. The number of hydrogen-bond acceptors (Lipinski definition) is 4. The van der Waals surface area contributed by atoms with Crippen molar-refractivity contribution >= 4 is 44.0 Å². The molecule has 2 heterocycles. The van der Waals surface area contributed by atoms with E-state index in [2.05, 4.69) is 15.6 Å². The number of amides is 2. The van der Waals surface area contributed by atoms with Crippen LogP contribution in [0.1, 0.15) is 22.5 Å². The van der Waals surface area contributed by atoms with E-state index >= 15 is 0 Å². The van der Waals surface area contributed by atoms with E-state index in [0.29, 0.717) is 35.5 Å². The van der Waals surface area contributed by atoms with E-state index in [1.807, 2.05) is 24.3 Å². The number of hydrogen-bond donors (Lipinski definition) is 4. The van der Waals surface area contributed by atoms with E-state index in [1.165, 1.54) is 24.3 Å². The molecular weight excluding hydrogens is 392 g/mol. The van der Waals surface area contributed by atoms with Crippen LogP contribution in [0.5, 0.6) is 0 Å². The number of benzene rings is 2. The summed E-state index contributed by atoms with van der Waals surface area (Å²) in [7, 11) is -3.87. The predicted octanol–water partition coefficient (Wildman–Crippen LogP) is 1.97. The largest absolute Gasteiger partial charge is 0.350 e. The van der Waals surface area contributed by atoms with Crippen LogP contribution < -0.4 is 15.8 Å². The summed E-state index contributed by atoms with van der Waals surface area (Å²) < 4.78 is 23.0. The van der Waals surface area contributed by atoms with Crippen molar-refractivity contribution in [3.05, 3.63) is 65.9 Å². The Labute approximate surface area is 166 Å². The minimum atomic E-state index is -3.87. The molecule has 0 saturated carbocycles. The summed E-state index contributed by atoms with van der Waals surface area (Å²) in [6, 6.07) is 13.2. The van der Waals surface area contributed by atoms with Crippen LogP contribution in [0.4, 0.5) is 5.69 Å². The zero-order valence-electron chi connectivity index (χ0n) is 15.2. The zero-order chi connectivity index (χ0) is 20.6. The van der Waals surface area contributed by atoms with Gasteiger partial charge in [-0.3, -0.25) is 9.59 Å². The number of carbonyl (C=O) groups is 2. The van der Waals surface area contributed by atoms with Gasteiger partial charge in [0, 0.05) is 34.8 Å². The monoisotopic (exact) mass is 410 g/mol. The Morgan fingerprint density at radius 2 is 1.93 bits per heavy atom. The smallest absolute Gasteiger partial charge is 0.268 e. The first-order valence-electron chi connectivity index (χ1n) is 8.86. The van der Waals surface area contributed by atoms with Crippen molar-refractivity contribution in [1.29, 1.82) is 0 Å². The summed E-state index contributed by atoms with van der Waals surface area (Å²) in [5, 5.41) is 11.5. The summed E-state index contributed by atoms with van der Waals surface area (Å²) in [4.78, 5) is 28.0. The zero-order valence-corrected chi connectivity index (χ0v) is 16.0. The second-order valence-electron chi connectivity index (χ2n) is 6.66. The number of H-pyrrole nitrogens is 1. The molecule has 1 aliphatic heterocycles. The van der Waals surface area contributed by atoms with Gasteiger partial charge >= 0.3 is 0 Å². The standard InChI is InChI=1S/C20H18N4O4S/c21-29(27,28)14-5-3-4-13(11-14)23-17(25)10-12-8-9-22-20(26)19-18(12)15-6-1-2-7-16(15)24-19/h1-7,10-11,24H,8-9H2,(H,22,26)(H,23,25)(H2,21,27,28)/b12-10-. The molecule has 0 saturated heterocycles. The maximum atomic E-state index is 12.6. The van der Waals surface area contributed by atoms with Gasteiger partial charge in [0.05, 0.1) is 4.90 Å². The molecule has 9 heteroatoms. The normalized spacial score (nSPS) is 15.6. The fraction of sp³-hybridized carbons (Fsp3) is 0.100. The van der Waals surface area contributed by atoms with Crippen LogP contribution >= 0.6 is 0 Å². The van der Waals surface area contributed by atoms with Gasteiger partial charge in [0.1, 0.15) is 5.69 Å². The predicted molar refractivity (Wildman–Crippen MR) is 110 cm³/mol. The van der Waals surface area contributed by atoms with Crippen LogP contribution in [-0.4, -0.2) is 31.8 Å². The molecule has 0 atom stereocenters. The number of primary sulfonamides is 1. The molecule has 5 N–H and O–H groups in total. The maximum Gasteiger partial charge on any atom is 0.268 e. The molecule has 2 amide bonds. The van der Waals surface area contributed by atoms with E-state index in [4.69, 9.17) is 5.14 Å². The molecule has 0 spiro atoms. The number of aromatic amines is 1. The molecule has 8 nitrogen and oxygen atoms in total. The van der Waals surface area contributed by atoms with Crippen LogP contribution in [0.2, 0.25) is 0 Å². The topological polar surface area (TPSA) is 134 Å². The van der Waals surface area contributed by atoms with Gasteiger partial charge in [-0.15, -0.1) is 0 Å². The average Bonchev–Trinajstić information content (AvgIpc) is 2.99. The fourth-order valence-electron chi connectivity index (χ4n) is 3.40. The lowest BCUT2D eigenvalue weighted by Crippen LogP contribution is -2.22. The average molecular weight is 410 g/mol. The van der Waals surface area contributed by atoms with Crippen LogP contribution in [0, 0.1) is 0 Å². The van der Waals surface area contributed by atoms with Crippen molar-refractivity contribution in [2.45, 2.75) is 11.3 Å². The number of sulfonamides is 1. The van der Waals surface area contributed by atoms with Crippen LogP contribution in [0.15, 0.2) is 59.5 Å². The fourth-order valence-corrected chi connectivity index (χ4v) is 3.96. The third-order valence-electron chi connectivity index (χ3n) is 4.67. The molecule has 0 unspecified atom stereocenters. The Balaban J connectivity index is 1.71. The highest BCUT2D eigenvalue weighted by molar-refractivity contribution is 7.89. The summed E-state index contributed by atoms with van der Waals surface area (Å²) in [5.41, 5.74) is 2.93. The Kier molecular flexibility index (Phi) is 4.69. The number of rotatable bonds is 3. The first-order valence-corrected chi connectivity index (χ1v) is 10.4. The molecule has 2 aromatic carbocycles. The Hall–Kier alpha value is -3.43. The van der Waals surface area contributed by atoms with Crippen molar-refractivity contribution < 1.29 is 18.0 Å². The van der Waals surface area contributed by atoms with Crippen molar-refractivity contribution in [1.82, 2.24) is 10.3 Å². The lowest BCUT2D eigenvalue weighted by atomic mass is 9.99. The number of aromatic nitrogens is 1. The van der Waals surface area contributed by atoms with E-state index in [1.54, 1.807) is 6.07 Å². The minimum absolute atomic E-state index is 0.0915. The van der Waals surface area contributed by atoms with Crippen LogP contribution in [0.3, 0.4) is 0 Å². The lowest BCUT2D eigenvalue weighted by Gasteiger charge is -2.07. The van der Waals surface area contributed by atoms with Crippen molar-refractivity contribution in [2.24, 2.45) is 5.14 Å². The number of fused-ring (bicyclic) bond motifs is 3. The van der Waals surface area contributed by atoms with Crippen LogP contribution in [-0.2, 0) is 14.8 Å². The van der Waals surface area contributed by atoms with Gasteiger partial charge in [-0.1, -0.05) is 24.3 Å². The molecule has 4 rings (SSSR count). The minimum Gasteiger partial charge on any atom is -0.350 e. The molecule has 3 aromatic rings. The molecule has 0 bridgehead atoms. The molecule has 0 radical (unpaired) electrons. The summed E-state index contributed by atoms with van der Waals surface area (Å²) >= 11 is 0. The third kappa shape index (κ3) is 3.78. The van der Waals surface area contributed by atoms with Gasteiger partial charge < -0.3 is 15.6 Å².